The number of aromatic nitrogens is 1. The molecule has 0 aliphatic carbocycles. The van der Waals surface area contributed by atoms with Crippen molar-refractivity contribution in [2.24, 2.45) is 0 Å². The second-order valence-corrected chi connectivity index (χ2v) is 8.65. The molecule has 1 amide bonds. The predicted molar refractivity (Wildman–Crippen MR) is 116 cm³/mol. The SMILES string of the molecule is O=C(c1ccccc1I)N(Cc1ccco1)c1nc2ccc(Br)cc2s1. The summed E-state index contributed by atoms with van der Waals surface area (Å²) in [7, 11) is 0. The summed E-state index contributed by atoms with van der Waals surface area (Å²) in [6, 6.07) is 17.1. The molecule has 0 saturated carbocycles. The van der Waals surface area contributed by atoms with Crippen LogP contribution in [0.5, 0.6) is 0 Å². The van der Waals surface area contributed by atoms with E-state index in [9.17, 15) is 4.79 Å². The summed E-state index contributed by atoms with van der Waals surface area (Å²) < 4.78 is 8.38. The lowest BCUT2D eigenvalue weighted by molar-refractivity contribution is 0.0982. The molecule has 4 rings (SSSR count). The van der Waals surface area contributed by atoms with Gasteiger partial charge in [0, 0.05) is 8.04 Å². The first-order valence-corrected chi connectivity index (χ1v) is 10.5. The molecule has 26 heavy (non-hydrogen) atoms. The van der Waals surface area contributed by atoms with Gasteiger partial charge in [0.1, 0.15) is 5.76 Å². The van der Waals surface area contributed by atoms with Gasteiger partial charge in [0.15, 0.2) is 5.13 Å². The molecular formula is C19H12BrIN2O2S. The summed E-state index contributed by atoms with van der Waals surface area (Å²) in [6.45, 7) is 0.331. The third-order valence-electron chi connectivity index (χ3n) is 3.81. The number of hydrogen-bond acceptors (Lipinski definition) is 4. The highest BCUT2D eigenvalue weighted by atomic mass is 127. The number of furan rings is 1. The third-order valence-corrected chi connectivity index (χ3v) is 6.29. The van der Waals surface area contributed by atoms with E-state index in [0.717, 1.165) is 18.3 Å². The van der Waals surface area contributed by atoms with Gasteiger partial charge in [0.05, 0.1) is 28.6 Å². The number of anilines is 1. The van der Waals surface area contributed by atoms with E-state index in [-0.39, 0.29) is 5.91 Å². The number of halogens is 2. The van der Waals surface area contributed by atoms with Gasteiger partial charge in [0.25, 0.3) is 5.91 Å². The average molecular weight is 539 g/mol. The number of nitrogens with zero attached hydrogens (tertiary/aromatic N) is 2. The number of carbonyl (C=O) groups excluding carboxylic acids is 1. The number of fused-ring (bicyclic) bond motifs is 1. The fourth-order valence-electron chi connectivity index (χ4n) is 2.57. The molecule has 0 bridgehead atoms. The number of thiazole rings is 1. The monoisotopic (exact) mass is 538 g/mol. The Labute approximate surface area is 176 Å². The Morgan fingerprint density at radius 3 is 2.81 bits per heavy atom. The zero-order valence-corrected chi connectivity index (χ0v) is 17.9. The standard InChI is InChI=1S/C19H12BrIN2O2S/c20-12-7-8-16-17(10-12)26-19(22-16)23(11-13-4-3-9-25-13)18(24)14-5-1-2-6-15(14)21/h1-10H,11H2. The Morgan fingerprint density at radius 1 is 1.19 bits per heavy atom. The molecule has 0 fully saturated rings. The summed E-state index contributed by atoms with van der Waals surface area (Å²) in [5, 5.41) is 0.652. The number of hydrogen-bond donors (Lipinski definition) is 0. The van der Waals surface area contributed by atoms with E-state index in [2.05, 4.69) is 43.5 Å². The minimum Gasteiger partial charge on any atom is -0.467 e. The Balaban J connectivity index is 1.79. The topological polar surface area (TPSA) is 46.3 Å². The van der Waals surface area contributed by atoms with E-state index in [4.69, 9.17) is 4.42 Å². The summed E-state index contributed by atoms with van der Waals surface area (Å²) >= 11 is 7.16. The maximum absolute atomic E-state index is 13.3. The average Bonchev–Trinajstić information content (AvgIpc) is 3.28. The first kappa shape index (κ1) is 17.7. The molecule has 7 heteroatoms. The van der Waals surface area contributed by atoms with Crippen LogP contribution in [0.15, 0.2) is 69.8 Å². The highest BCUT2D eigenvalue weighted by molar-refractivity contribution is 14.1. The third kappa shape index (κ3) is 3.56. The molecule has 4 aromatic rings. The zero-order chi connectivity index (χ0) is 18.1. The molecule has 0 spiro atoms. The van der Waals surface area contributed by atoms with Crippen molar-refractivity contribution in [2.45, 2.75) is 6.54 Å². The van der Waals surface area contributed by atoms with Crippen LogP contribution in [-0.4, -0.2) is 10.9 Å². The van der Waals surface area contributed by atoms with Crippen LogP contribution >= 0.6 is 49.9 Å². The van der Waals surface area contributed by atoms with Crippen LogP contribution in [-0.2, 0) is 6.54 Å². The lowest BCUT2D eigenvalue weighted by Gasteiger charge is -2.19. The lowest BCUT2D eigenvalue weighted by atomic mass is 10.2. The molecule has 0 aliphatic heterocycles. The molecule has 130 valence electrons. The maximum atomic E-state index is 13.3. The van der Waals surface area contributed by atoms with Gasteiger partial charge in [0.2, 0.25) is 0 Å². The van der Waals surface area contributed by atoms with Crippen molar-refractivity contribution in [3.05, 3.63) is 80.2 Å². The van der Waals surface area contributed by atoms with Crippen molar-refractivity contribution in [3.63, 3.8) is 0 Å². The molecule has 0 N–H and O–H groups in total. The molecule has 0 unspecified atom stereocenters. The first-order valence-electron chi connectivity index (χ1n) is 7.77. The van der Waals surface area contributed by atoms with Crippen molar-refractivity contribution in [3.8, 4) is 0 Å². The number of amides is 1. The zero-order valence-electron chi connectivity index (χ0n) is 13.4. The van der Waals surface area contributed by atoms with Gasteiger partial charge in [-0.05, 0) is 65.1 Å². The molecule has 0 radical (unpaired) electrons. The van der Waals surface area contributed by atoms with Gasteiger partial charge in [-0.25, -0.2) is 4.98 Å². The fraction of sp³-hybridized carbons (Fsp3) is 0.0526. The van der Waals surface area contributed by atoms with E-state index in [1.165, 1.54) is 11.3 Å². The van der Waals surface area contributed by atoms with Crippen LogP contribution in [0.4, 0.5) is 5.13 Å². The van der Waals surface area contributed by atoms with Crippen molar-refractivity contribution in [1.29, 1.82) is 0 Å². The molecule has 0 aliphatic rings. The van der Waals surface area contributed by atoms with Crippen molar-refractivity contribution in [1.82, 2.24) is 4.98 Å². The minimum absolute atomic E-state index is 0.0930. The summed E-state index contributed by atoms with van der Waals surface area (Å²) in [6.07, 6.45) is 1.61. The van der Waals surface area contributed by atoms with Crippen molar-refractivity contribution < 1.29 is 9.21 Å². The van der Waals surface area contributed by atoms with Crippen molar-refractivity contribution in [2.75, 3.05) is 4.90 Å². The van der Waals surface area contributed by atoms with Crippen LogP contribution in [0.1, 0.15) is 16.1 Å². The van der Waals surface area contributed by atoms with E-state index in [1.54, 1.807) is 11.2 Å². The predicted octanol–water partition coefficient (Wildman–Crippen LogP) is 6.10. The van der Waals surface area contributed by atoms with Gasteiger partial charge in [-0.1, -0.05) is 39.4 Å². The second-order valence-electron chi connectivity index (χ2n) is 5.56. The molecule has 0 atom stereocenters. The molecule has 0 saturated heterocycles. The largest absolute Gasteiger partial charge is 0.467 e. The molecule has 4 nitrogen and oxygen atoms in total. The highest BCUT2D eigenvalue weighted by Gasteiger charge is 2.24. The normalized spacial score (nSPS) is 11.0. The number of rotatable bonds is 4. The fourth-order valence-corrected chi connectivity index (χ4v) is 4.70. The number of carbonyl (C=O) groups is 1. The second kappa shape index (κ2) is 7.50. The number of benzene rings is 2. The van der Waals surface area contributed by atoms with E-state index >= 15 is 0 Å². The smallest absolute Gasteiger partial charge is 0.261 e. The van der Waals surface area contributed by atoms with Gasteiger partial charge in [-0.3, -0.25) is 9.69 Å². The Bertz CT molecular complexity index is 1080. The molecule has 2 heterocycles. The van der Waals surface area contributed by atoms with Gasteiger partial charge in [-0.15, -0.1) is 0 Å². The van der Waals surface area contributed by atoms with Gasteiger partial charge in [-0.2, -0.15) is 0 Å². The van der Waals surface area contributed by atoms with E-state index < -0.39 is 0 Å². The van der Waals surface area contributed by atoms with E-state index in [1.807, 2.05) is 54.6 Å². The van der Waals surface area contributed by atoms with E-state index in [0.29, 0.717) is 23.0 Å². The van der Waals surface area contributed by atoms with Crippen LogP contribution < -0.4 is 4.90 Å². The Hall–Kier alpha value is -1.71. The van der Waals surface area contributed by atoms with Gasteiger partial charge >= 0.3 is 0 Å². The minimum atomic E-state index is -0.0930. The Kier molecular flexibility index (Phi) is 5.10. The maximum Gasteiger partial charge on any atom is 0.261 e. The molecule has 2 aromatic heterocycles. The summed E-state index contributed by atoms with van der Waals surface area (Å²) in [4.78, 5) is 19.6. The Morgan fingerprint density at radius 2 is 2.04 bits per heavy atom. The van der Waals surface area contributed by atoms with Crippen LogP contribution in [0.25, 0.3) is 10.2 Å². The van der Waals surface area contributed by atoms with Crippen LogP contribution in [0, 0.1) is 3.57 Å². The van der Waals surface area contributed by atoms with Crippen LogP contribution in [0.2, 0.25) is 0 Å². The molecule has 2 aromatic carbocycles. The molecular weight excluding hydrogens is 527 g/mol. The quantitative estimate of drug-likeness (QED) is 0.295. The van der Waals surface area contributed by atoms with Crippen molar-refractivity contribution >= 4 is 71.1 Å². The summed E-state index contributed by atoms with van der Waals surface area (Å²) in [5.74, 6) is 0.620. The highest BCUT2D eigenvalue weighted by Crippen LogP contribution is 2.33. The summed E-state index contributed by atoms with van der Waals surface area (Å²) in [5.41, 5.74) is 1.52. The van der Waals surface area contributed by atoms with Crippen LogP contribution in [0.3, 0.4) is 0 Å². The van der Waals surface area contributed by atoms with Gasteiger partial charge < -0.3 is 4.42 Å². The first-order chi connectivity index (χ1) is 12.6. The lowest BCUT2D eigenvalue weighted by Crippen LogP contribution is -2.30.